The van der Waals surface area contributed by atoms with E-state index in [-0.39, 0.29) is 6.04 Å². The lowest BCUT2D eigenvalue weighted by molar-refractivity contribution is 0.107. The Hall–Kier alpha value is -0.570. The number of nitrogens with two attached hydrogens (primary N) is 1. The standard InChI is InChI=1S/C11H16ClNO/c1-2-11(13)8-14-7-9-4-3-5-10(12)6-9/h3-6,11H,2,7-8,13H2,1H3/t11-/m1/s1. The van der Waals surface area contributed by atoms with Crippen molar-refractivity contribution in [3.8, 4) is 0 Å². The zero-order valence-electron chi connectivity index (χ0n) is 8.37. The van der Waals surface area contributed by atoms with Gasteiger partial charge in [0, 0.05) is 11.1 Å². The van der Waals surface area contributed by atoms with E-state index in [1.165, 1.54) is 0 Å². The van der Waals surface area contributed by atoms with E-state index in [2.05, 4.69) is 0 Å². The molecule has 0 aliphatic heterocycles. The first-order valence-corrected chi connectivity index (χ1v) is 5.18. The normalized spacial score (nSPS) is 12.8. The molecule has 2 nitrogen and oxygen atoms in total. The molecule has 2 N–H and O–H groups in total. The topological polar surface area (TPSA) is 35.2 Å². The van der Waals surface area contributed by atoms with Crippen LogP contribution in [0.1, 0.15) is 18.9 Å². The first-order chi connectivity index (χ1) is 6.72. The fourth-order valence-electron chi connectivity index (χ4n) is 1.07. The van der Waals surface area contributed by atoms with Crippen molar-refractivity contribution < 1.29 is 4.74 Å². The van der Waals surface area contributed by atoms with Gasteiger partial charge in [0.05, 0.1) is 13.2 Å². The number of benzene rings is 1. The summed E-state index contributed by atoms with van der Waals surface area (Å²) in [6, 6.07) is 7.79. The van der Waals surface area contributed by atoms with E-state index in [1.807, 2.05) is 31.2 Å². The Kier molecular flexibility index (Phi) is 4.94. The maximum atomic E-state index is 5.83. The van der Waals surface area contributed by atoms with Crippen molar-refractivity contribution in [1.82, 2.24) is 0 Å². The minimum Gasteiger partial charge on any atom is -0.375 e. The van der Waals surface area contributed by atoms with Gasteiger partial charge in [-0.15, -0.1) is 0 Å². The third-order valence-electron chi connectivity index (χ3n) is 2.01. The molecule has 0 amide bonds. The van der Waals surface area contributed by atoms with Gasteiger partial charge in [0.25, 0.3) is 0 Å². The number of hydrogen-bond donors (Lipinski definition) is 1. The van der Waals surface area contributed by atoms with E-state index in [0.717, 1.165) is 17.0 Å². The van der Waals surface area contributed by atoms with E-state index < -0.39 is 0 Å². The molecular formula is C11H16ClNO. The number of ether oxygens (including phenoxy) is 1. The van der Waals surface area contributed by atoms with Crippen LogP contribution in [0.4, 0.5) is 0 Å². The van der Waals surface area contributed by atoms with Gasteiger partial charge in [-0.3, -0.25) is 0 Å². The molecule has 0 unspecified atom stereocenters. The molecule has 0 saturated carbocycles. The van der Waals surface area contributed by atoms with Crippen LogP contribution >= 0.6 is 11.6 Å². The second-order valence-corrected chi connectivity index (χ2v) is 3.75. The lowest BCUT2D eigenvalue weighted by Gasteiger charge is -2.09. The van der Waals surface area contributed by atoms with E-state index in [1.54, 1.807) is 0 Å². The van der Waals surface area contributed by atoms with Crippen LogP contribution in [-0.4, -0.2) is 12.6 Å². The van der Waals surface area contributed by atoms with Crippen molar-refractivity contribution in [2.75, 3.05) is 6.61 Å². The Morgan fingerprint density at radius 1 is 1.50 bits per heavy atom. The lowest BCUT2D eigenvalue weighted by Crippen LogP contribution is -2.24. The molecule has 0 spiro atoms. The van der Waals surface area contributed by atoms with Gasteiger partial charge in [-0.2, -0.15) is 0 Å². The average Bonchev–Trinajstić information content (AvgIpc) is 2.17. The monoisotopic (exact) mass is 213 g/mol. The fourth-order valence-corrected chi connectivity index (χ4v) is 1.29. The maximum Gasteiger partial charge on any atom is 0.0718 e. The molecule has 3 heteroatoms. The zero-order valence-corrected chi connectivity index (χ0v) is 9.13. The van der Waals surface area contributed by atoms with E-state index in [4.69, 9.17) is 22.1 Å². The largest absolute Gasteiger partial charge is 0.375 e. The molecule has 14 heavy (non-hydrogen) atoms. The first kappa shape index (κ1) is 11.5. The van der Waals surface area contributed by atoms with Crippen LogP contribution in [-0.2, 0) is 11.3 Å². The summed E-state index contributed by atoms with van der Waals surface area (Å²) >= 11 is 5.83. The van der Waals surface area contributed by atoms with Gasteiger partial charge in [0.2, 0.25) is 0 Å². The smallest absolute Gasteiger partial charge is 0.0718 e. The van der Waals surface area contributed by atoms with Crippen molar-refractivity contribution in [3.05, 3.63) is 34.9 Å². The first-order valence-electron chi connectivity index (χ1n) is 4.80. The second-order valence-electron chi connectivity index (χ2n) is 3.31. The molecule has 0 fully saturated rings. The summed E-state index contributed by atoms with van der Waals surface area (Å²) in [4.78, 5) is 0. The van der Waals surface area contributed by atoms with Crippen molar-refractivity contribution >= 4 is 11.6 Å². The summed E-state index contributed by atoms with van der Waals surface area (Å²) in [5.41, 5.74) is 6.80. The average molecular weight is 214 g/mol. The Labute approximate surface area is 90.0 Å². The van der Waals surface area contributed by atoms with Gasteiger partial charge in [-0.25, -0.2) is 0 Å². The summed E-state index contributed by atoms with van der Waals surface area (Å²) in [5.74, 6) is 0. The Morgan fingerprint density at radius 2 is 2.29 bits per heavy atom. The maximum absolute atomic E-state index is 5.83. The Balaban J connectivity index is 2.31. The van der Waals surface area contributed by atoms with Crippen molar-refractivity contribution in [3.63, 3.8) is 0 Å². The number of halogens is 1. The molecule has 1 aromatic carbocycles. The van der Waals surface area contributed by atoms with Crippen molar-refractivity contribution in [1.29, 1.82) is 0 Å². The summed E-state index contributed by atoms with van der Waals surface area (Å²) in [7, 11) is 0. The van der Waals surface area contributed by atoms with Crippen LogP contribution in [0.15, 0.2) is 24.3 Å². The van der Waals surface area contributed by atoms with Crippen LogP contribution in [0.2, 0.25) is 5.02 Å². The van der Waals surface area contributed by atoms with Gasteiger partial charge in [0.15, 0.2) is 0 Å². The van der Waals surface area contributed by atoms with Crippen LogP contribution < -0.4 is 5.73 Å². The minimum atomic E-state index is 0.134. The molecule has 0 radical (unpaired) electrons. The van der Waals surface area contributed by atoms with Gasteiger partial charge in [-0.1, -0.05) is 30.7 Å². The Bertz CT molecular complexity index is 278. The highest BCUT2D eigenvalue weighted by atomic mass is 35.5. The molecular weight excluding hydrogens is 198 g/mol. The van der Waals surface area contributed by atoms with Gasteiger partial charge in [0.1, 0.15) is 0 Å². The molecule has 1 atom stereocenters. The zero-order chi connectivity index (χ0) is 10.4. The van der Waals surface area contributed by atoms with Crippen LogP contribution in [0.25, 0.3) is 0 Å². The minimum absolute atomic E-state index is 0.134. The molecule has 0 aliphatic rings. The van der Waals surface area contributed by atoms with Crippen LogP contribution in [0.3, 0.4) is 0 Å². The Morgan fingerprint density at radius 3 is 2.93 bits per heavy atom. The molecule has 1 rings (SSSR count). The molecule has 0 aromatic heterocycles. The quantitative estimate of drug-likeness (QED) is 0.816. The van der Waals surface area contributed by atoms with E-state index in [9.17, 15) is 0 Å². The highest BCUT2D eigenvalue weighted by Crippen LogP contribution is 2.11. The highest BCUT2D eigenvalue weighted by molar-refractivity contribution is 6.30. The third-order valence-corrected chi connectivity index (χ3v) is 2.25. The molecule has 0 heterocycles. The molecule has 1 aromatic rings. The van der Waals surface area contributed by atoms with Gasteiger partial charge in [-0.05, 0) is 24.1 Å². The van der Waals surface area contributed by atoms with Gasteiger partial charge < -0.3 is 10.5 Å². The summed E-state index contributed by atoms with van der Waals surface area (Å²) in [6.45, 7) is 3.23. The summed E-state index contributed by atoms with van der Waals surface area (Å²) < 4.78 is 5.44. The van der Waals surface area contributed by atoms with Crippen molar-refractivity contribution in [2.24, 2.45) is 5.73 Å². The van der Waals surface area contributed by atoms with Crippen molar-refractivity contribution in [2.45, 2.75) is 26.0 Å². The van der Waals surface area contributed by atoms with Crippen LogP contribution in [0, 0.1) is 0 Å². The molecule has 0 saturated heterocycles. The third kappa shape index (κ3) is 4.09. The number of rotatable bonds is 5. The van der Waals surface area contributed by atoms with Crippen LogP contribution in [0.5, 0.6) is 0 Å². The molecule has 0 aliphatic carbocycles. The van der Waals surface area contributed by atoms with E-state index in [0.29, 0.717) is 13.2 Å². The second kappa shape index (κ2) is 6.02. The lowest BCUT2D eigenvalue weighted by atomic mass is 10.2. The predicted molar refractivity (Wildman–Crippen MR) is 59.4 cm³/mol. The number of hydrogen-bond acceptors (Lipinski definition) is 2. The van der Waals surface area contributed by atoms with E-state index >= 15 is 0 Å². The predicted octanol–water partition coefficient (Wildman–Crippen LogP) is 2.59. The highest BCUT2D eigenvalue weighted by Gasteiger charge is 1.99. The summed E-state index contributed by atoms with van der Waals surface area (Å²) in [6.07, 6.45) is 0.940. The molecule has 78 valence electrons. The van der Waals surface area contributed by atoms with Gasteiger partial charge >= 0.3 is 0 Å². The summed E-state index contributed by atoms with van der Waals surface area (Å²) in [5, 5.41) is 0.742. The fraction of sp³-hybridized carbons (Fsp3) is 0.455. The SMILES string of the molecule is CC[C@@H](N)COCc1cccc(Cl)c1. The molecule has 0 bridgehead atoms.